The maximum Gasteiger partial charge on any atom is 0.291 e. The van der Waals surface area contributed by atoms with Crippen LogP contribution in [0.3, 0.4) is 0 Å². The number of hydrogen-bond donors (Lipinski definition) is 1. The average molecular weight is 273 g/mol. The third-order valence-corrected chi connectivity index (χ3v) is 3.96. The van der Waals surface area contributed by atoms with E-state index in [1.165, 1.54) is 18.4 Å². The molecule has 1 fully saturated rings. The summed E-state index contributed by atoms with van der Waals surface area (Å²) < 4.78 is 2.09. The van der Waals surface area contributed by atoms with Crippen LogP contribution in [-0.2, 0) is 7.05 Å². The van der Waals surface area contributed by atoms with Crippen LogP contribution in [-0.4, -0.2) is 37.1 Å². The van der Waals surface area contributed by atoms with Crippen molar-refractivity contribution in [1.82, 2.24) is 24.6 Å². The standard InChI is InChI=1S/C14H19N5O/c1-18-8-5-7-11(18)12-6-3-2-4-9-19(12)14(20)13-15-10-16-17-13/h5,7-8,10,12H,2-4,6,9H2,1H3,(H,15,16,17). The van der Waals surface area contributed by atoms with Crippen LogP contribution >= 0.6 is 0 Å². The van der Waals surface area contributed by atoms with Gasteiger partial charge >= 0.3 is 0 Å². The molecule has 1 aliphatic heterocycles. The van der Waals surface area contributed by atoms with Crippen molar-refractivity contribution < 1.29 is 4.79 Å². The predicted molar refractivity (Wildman–Crippen MR) is 74.0 cm³/mol. The number of aromatic amines is 1. The molecule has 1 aliphatic rings. The summed E-state index contributed by atoms with van der Waals surface area (Å²) in [7, 11) is 2.03. The molecule has 1 saturated heterocycles. The van der Waals surface area contributed by atoms with E-state index in [1.54, 1.807) is 0 Å². The lowest BCUT2D eigenvalue weighted by Gasteiger charge is -2.29. The number of hydrogen-bond acceptors (Lipinski definition) is 3. The molecule has 0 bridgehead atoms. The molecule has 0 aliphatic carbocycles. The molecule has 1 unspecified atom stereocenters. The van der Waals surface area contributed by atoms with Crippen LogP contribution in [0, 0.1) is 0 Å². The zero-order valence-corrected chi connectivity index (χ0v) is 11.6. The third kappa shape index (κ3) is 2.33. The minimum absolute atomic E-state index is 0.0596. The van der Waals surface area contributed by atoms with Crippen LogP contribution in [0.2, 0.25) is 0 Å². The first-order chi connectivity index (χ1) is 9.77. The van der Waals surface area contributed by atoms with Gasteiger partial charge in [-0.05, 0) is 25.0 Å². The molecule has 3 heterocycles. The van der Waals surface area contributed by atoms with E-state index in [9.17, 15) is 4.79 Å². The van der Waals surface area contributed by atoms with E-state index in [-0.39, 0.29) is 11.9 Å². The molecule has 106 valence electrons. The number of rotatable bonds is 2. The largest absolute Gasteiger partial charge is 0.353 e. The molecule has 0 radical (unpaired) electrons. The number of aromatic nitrogens is 4. The number of nitrogens with one attached hydrogen (secondary N) is 1. The van der Waals surface area contributed by atoms with E-state index >= 15 is 0 Å². The fourth-order valence-electron chi connectivity index (χ4n) is 2.92. The molecule has 2 aromatic rings. The van der Waals surface area contributed by atoms with Gasteiger partial charge in [-0.15, -0.1) is 0 Å². The fraction of sp³-hybridized carbons (Fsp3) is 0.500. The lowest BCUT2D eigenvalue weighted by Crippen LogP contribution is -2.36. The summed E-state index contributed by atoms with van der Waals surface area (Å²) in [6.45, 7) is 0.773. The molecule has 0 spiro atoms. The zero-order valence-electron chi connectivity index (χ0n) is 11.6. The second-order valence-electron chi connectivity index (χ2n) is 5.24. The molecule has 3 rings (SSSR count). The van der Waals surface area contributed by atoms with Crippen molar-refractivity contribution in [3.05, 3.63) is 36.2 Å². The van der Waals surface area contributed by atoms with Gasteiger partial charge in [-0.2, -0.15) is 5.10 Å². The Bertz CT molecular complexity index is 574. The highest BCUT2D eigenvalue weighted by Gasteiger charge is 2.30. The number of likely N-dealkylation sites (tertiary alicyclic amines) is 1. The van der Waals surface area contributed by atoms with Crippen molar-refractivity contribution in [2.75, 3.05) is 6.54 Å². The maximum atomic E-state index is 12.6. The second-order valence-corrected chi connectivity index (χ2v) is 5.24. The van der Waals surface area contributed by atoms with Gasteiger partial charge in [-0.1, -0.05) is 12.8 Å². The van der Waals surface area contributed by atoms with Crippen LogP contribution < -0.4 is 0 Å². The van der Waals surface area contributed by atoms with E-state index in [2.05, 4.69) is 25.8 Å². The van der Waals surface area contributed by atoms with E-state index in [1.807, 2.05) is 24.2 Å². The molecule has 0 aromatic carbocycles. The predicted octanol–water partition coefficient (Wildman–Crippen LogP) is 1.90. The molecule has 0 saturated carbocycles. The molecule has 20 heavy (non-hydrogen) atoms. The number of nitrogens with zero attached hydrogens (tertiary/aromatic N) is 4. The summed E-state index contributed by atoms with van der Waals surface area (Å²) in [5.74, 6) is 0.265. The minimum atomic E-state index is -0.0596. The van der Waals surface area contributed by atoms with Crippen LogP contribution in [0.15, 0.2) is 24.7 Å². The summed E-state index contributed by atoms with van der Waals surface area (Å²) >= 11 is 0. The highest BCUT2D eigenvalue weighted by Crippen LogP contribution is 2.30. The van der Waals surface area contributed by atoms with Crippen molar-refractivity contribution in [2.24, 2.45) is 7.05 Å². The third-order valence-electron chi connectivity index (χ3n) is 3.96. The molecule has 2 aromatic heterocycles. The Hall–Kier alpha value is -2.11. The Labute approximate surface area is 117 Å². The maximum absolute atomic E-state index is 12.6. The normalized spacial score (nSPS) is 19.9. The van der Waals surface area contributed by atoms with Crippen molar-refractivity contribution >= 4 is 5.91 Å². The summed E-state index contributed by atoms with van der Waals surface area (Å²) in [5, 5.41) is 6.45. The molecule has 1 N–H and O–H groups in total. The van der Waals surface area contributed by atoms with E-state index in [0.29, 0.717) is 5.82 Å². The Morgan fingerprint density at radius 1 is 1.40 bits per heavy atom. The second kappa shape index (κ2) is 5.48. The van der Waals surface area contributed by atoms with E-state index in [4.69, 9.17) is 0 Å². The quantitative estimate of drug-likeness (QED) is 0.908. The van der Waals surface area contributed by atoms with Gasteiger partial charge in [0.05, 0.1) is 6.04 Å². The Kier molecular flexibility index (Phi) is 3.54. The van der Waals surface area contributed by atoms with E-state index in [0.717, 1.165) is 25.8 Å². The zero-order chi connectivity index (χ0) is 13.9. The number of amides is 1. The number of carbonyl (C=O) groups excluding carboxylic acids is 1. The highest BCUT2D eigenvalue weighted by atomic mass is 16.2. The number of aryl methyl sites for hydroxylation is 1. The van der Waals surface area contributed by atoms with Gasteiger partial charge in [-0.25, -0.2) is 4.98 Å². The number of carbonyl (C=O) groups is 1. The Morgan fingerprint density at radius 3 is 3.00 bits per heavy atom. The van der Waals surface area contributed by atoms with Gasteiger partial charge in [0, 0.05) is 25.5 Å². The van der Waals surface area contributed by atoms with Crippen LogP contribution in [0.4, 0.5) is 0 Å². The van der Waals surface area contributed by atoms with Crippen LogP contribution in [0.1, 0.15) is 48.0 Å². The van der Waals surface area contributed by atoms with Crippen LogP contribution in [0.5, 0.6) is 0 Å². The Morgan fingerprint density at radius 2 is 2.30 bits per heavy atom. The lowest BCUT2D eigenvalue weighted by molar-refractivity contribution is 0.0662. The lowest BCUT2D eigenvalue weighted by atomic mass is 10.1. The summed E-state index contributed by atoms with van der Waals surface area (Å²) in [6, 6.07) is 4.24. The van der Waals surface area contributed by atoms with Crippen molar-refractivity contribution in [1.29, 1.82) is 0 Å². The first-order valence-corrected chi connectivity index (χ1v) is 7.05. The van der Waals surface area contributed by atoms with E-state index < -0.39 is 0 Å². The van der Waals surface area contributed by atoms with Crippen molar-refractivity contribution in [3.8, 4) is 0 Å². The van der Waals surface area contributed by atoms with Gasteiger partial charge in [0.1, 0.15) is 6.33 Å². The SMILES string of the molecule is Cn1cccc1C1CCCCCN1C(=O)c1ncn[nH]1. The molecule has 6 heteroatoms. The monoisotopic (exact) mass is 273 g/mol. The summed E-state index contributed by atoms with van der Waals surface area (Å²) in [4.78, 5) is 18.5. The van der Waals surface area contributed by atoms with Crippen molar-refractivity contribution in [2.45, 2.75) is 31.7 Å². The van der Waals surface area contributed by atoms with Gasteiger partial charge in [0.25, 0.3) is 5.91 Å². The van der Waals surface area contributed by atoms with Gasteiger partial charge < -0.3 is 9.47 Å². The number of H-pyrrole nitrogens is 1. The Balaban J connectivity index is 1.92. The van der Waals surface area contributed by atoms with Gasteiger partial charge in [-0.3, -0.25) is 9.89 Å². The van der Waals surface area contributed by atoms with Gasteiger partial charge in [0.15, 0.2) is 0 Å². The molecule has 1 atom stereocenters. The average Bonchev–Trinajstić information content (AvgIpc) is 3.05. The topological polar surface area (TPSA) is 66.8 Å². The fourth-order valence-corrected chi connectivity index (χ4v) is 2.92. The van der Waals surface area contributed by atoms with Crippen molar-refractivity contribution in [3.63, 3.8) is 0 Å². The molecular weight excluding hydrogens is 254 g/mol. The molecule has 6 nitrogen and oxygen atoms in total. The smallest absolute Gasteiger partial charge is 0.291 e. The highest BCUT2D eigenvalue weighted by molar-refractivity contribution is 5.90. The first-order valence-electron chi connectivity index (χ1n) is 7.05. The van der Waals surface area contributed by atoms with Gasteiger partial charge in [0.2, 0.25) is 5.82 Å². The first kappa shape index (κ1) is 12.9. The molecule has 1 amide bonds. The molecular formula is C14H19N5O. The minimum Gasteiger partial charge on any atom is -0.353 e. The van der Waals surface area contributed by atoms with Crippen LogP contribution in [0.25, 0.3) is 0 Å². The summed E-state index contributed by atoms with van der Waals surface area (Å²) in [5.41, 5.74) is 1.18. The summed E-state index contributed by atoms with van der Waals surface area (Å²) in [6.07, 6.45) is 7.76.